The Bertz CT molecular complexity index is 1360. The number of piperazine rings is 1. The molecule has 1 atom stereocenters. The molecule has 11 heteroatoms. The maximum absolute atomic E-state index is 14.0. The molecular formula is C29H31Cl2FN4O4. The van der Waals surface area contributed by atoms with Gasteiger partial charge >= 0.3 is 6.09 Å². The van der Waals surface area contributed by atoms with Crippen LogP contribution in [0.3, 0.4) is 0 Å². The van der Waals surface area contributed by atoms with E-state index in [1.54, 1.807) is 41.1 Å². The van der Waals surface area contributed by atoms with Gasteiger partial charge in [0.15, 0.2) is 11.6 Å². The Morgan fingerprint density at radius 3 is 2.40 bits per heavy atom. The molecule has 0 unspecified atom stereocenters. The van der Waals surface area contributed by atoms with Gasteiger partial charge < -0.3 is 25.0 Å². The molecule has 0 radical (unpaired) electrons. The van der Waals surface area contributed by atoms with Crippen LogP contribution in [0.15, 0.2) is 48.7 Å². The molecule has 0 bridgehead atoms. The monoisotopic (exact) mass is 588 g/mol. The molecule has 0 aliphatic carbocycles. The molecule has 2 N–H and O–H groups in total. The van der Waals surface area contributed by atoms with Gasteiger partial charge in [-0.25, -0.2) is 14.2 Å². The van der Waals surface area contributed by atoms with Crippen LogP contribution in [-0.4, -0.2) is 59.6 Å². The number of nitrogens with two attached hydrogens (primary N) is 1. The zero-order chi connectivity index (χ0) is 28.8. The summed E-state index contributed by atoms with van der Waals surface area (Å²) < 4.78 is 25.3. The summed E-state index contributed by atoms with van der Waals surface area (Å²) in [5.41, 5.74) is 8.40. The number of amides is 2. The summed E-state index contributed by atoms with van der Waals surface area (Å²) in [5.74, 6) is -0.271. The molecule has 2 amide bonds. The summed E-state index contributed by atoms with van der Waals surface area (Å²) in [6, 6.07) is 11.4. The number of hydrogen-bond acceptors (Lipinski definition) is 6. The summed E-state index contributed by atoms with van der Waals surface area (Å²) >= 11 is 12.4. The number of pyridine rings is 1. The first-order chi connectivity index (χ1) is 19.2. The van der Waals surface area contributed by atoms with Crippen LogP contribution in [0, 0.1) is 5.82 Å². The fraction of sp³-hybridized carbons (Fsp3) is 0.345. The average molecular weight is 589 g/mol. The first-order valence-corrected chi connectivity index (χ1v) is 13.8. The van der Waals surface area contributed by atoms with Gasteiger partial charge in [0.25, 0.3) is 5.91 Å². The first kappa shape index (κ1) is 29.4. The van der Waals surface area contributed by atoms with E-state index in [1.807, 2.05) is 19.1 Å². The van der Waals surface area contributed by atoms with Crippen LogP contribution in [0.4, 0.5) is 15.0 Å². The van der Waals surface area contributed by atoms with Crippen molar-refractivity contribution in [1.29, 1.82) is 0 Å². The number of carbonyl (C=O) groups is 2. The van der Waals surface area contributed by atoms with Crippen molar-refractivity contribution in [3.63, 3.8) is 0 Å². The number of carbonyl (C=O) groups excluding carboxylic acids is 2. The van der Waals surface area contributed by atoms with E-state index in [4.69, 9.17) is 38.4 Å². The van der Waals surface area contributed by atoms with Gasteiger partial charge in [-0.05, 0) is 49.2 Å². The summed E-state index contributed by atoms with van der Waals surface area (Å²) in [5, 5.41) is 0.159. The number of ether oxygens (including phenoxy) is 2. The summed E-state index contributed by atoms with van der Waals surface area (Å²) in [4.78, 5) is 32.8. The van der Waals surface area contributed by atoms with Crippen LogP contribution in [0.2, 0.25) is 10.0 Å². The standard InChI is InChI=1S/C29H31Cl2FN4O4/c1-3-4-15-39-29(38)36-13-11-35(12-14-36)28(37)20-7-5-19(6-8-20)21-16-24(27(33)34-17-21)40-18(2)25-22(30)9-10-23(32)26(25)31/h5-10,16-18H,3-4,11-15H2,1-2H3,(H2,33,34)/t18-/m1/s1. The van der Waals surface area contributed by atoms with Gasteiger partial charge in [0.1, 0.15) is 11.9 Å². The Kier molecular flexibility index (Phi) is 9.71. The molecule has 1 aliphatic heterocycles. The molecule has 2 aromatic carbocycles. The number of unbranched alkanes of at least 4 members (excludes halogenated alkanes) is 1. The highest BCUT2D eigenvalue weighted by Gasteiger charge is 2.26. The first-order valence-electron chi connectivity index (χ1n) is 13.1. The van der Waals surface area contributed by atoms with Gasteiger partial charge in [-0.2, -0.15) is 0 Å². The Morgan fingerprint density at radius 2 is 1.73 bits per heavy atom. The highest BCUT2D eigenvalue weighted by atomic mass is 35.5. The second-order valence-corrected chi connectivity index (χ2v) is 10.2. The van der Waals surface area contributed by atoms with Crippen LogP contribution >= 0.6 is 23.2 Å². The molecule has 4 rings (SSSR count). The number of anilines is 1. The van der Waals surface area contributed by atoms with Crippen molar-refractivity contribution >= 4 is 41.0 Å². The largest absolute Gasteiger partial charge is 0.482 e. The summed E-state index contributed by atoms with van der Waals surface area (Å²) in [6.07, 6.45) is 2.36. The van der Waals surface area contributed by atoms with Gasteiger partial charge in [0, 0.05) is 54.1 Å². The fourth-order valence-corrected chi connectivity index (χ4v) is 5.03. The lowest BCUT2D eigenvalue weighted by molar-refractivity contribution is 0.0557. The minimum Gasteiger partial charge on any atom is -0.482 e. The number of halogens is 3. The van der Waals surface area contributed by atoms with Gasteiger partial charge in [0.05, 0.1) is 11.6 Å². The van der Waals surface area contributed by atoms with Crippen molar-refractivity contribution in [2.45, 2.75) is 32.8 Å². The van der Waals surface area contributed by atoms with Crippen molar-refractivity contribution in [1.82, 2.24) is 14.8 Å². The fourth-order valence-electron chi connectivity index (χ4n) is 4.35. The number of benzene rings is 2. The Hall–Kier alpha value is -3.56. The van der Waals surface area contributed by atoms with Crippen molar-refractivity contribution in [3.8, 4) is 16.9 Å². The van der Waals surface area contributed by atoms with E-state index >= 15 is 0 Å². The van der Waals surface area contributed by atoms with E-state index in [0.717, 1.165) is 18.4 Å². The molecule has 1 aromatic heterocycles. The third kappa shape index (κ3) is 6.77. The van der Waals surface area contributed by atoms with Crippen molar-refractivity contribution in [2.24, 2.45) is 0 Å². The van der Waals surface area contributed by atoms with E-state index in [2.05, 4.69) is 4.98 Å². The lowest BCUT2D eigenvalue weighted by atomic mass is 10.0. The quantitative estimate of drug-likeness (QED) is 0.235. The maximum Gasteiger partial charge on any atom is 0.409 e. The van der Waals surface area contributed by atoms with Crippen LogP contribution in [0.5, 0.6) is 5.75 Å². The highest BCUT2D eigenvalue weighted by molar-refractivity contribution is 6.36. The molecule has 8 nitrogen and oxygen atoms in total. The highest BCUT2D eigenvalue weighted by Crippen LogP contribution is 2.37. The molecule has 1 fully saturated rings. The van der Waals surface area contributed by atoms with E-state index in [-0.39, 0.29) is 33.6 Å². The smallest absolute Gasteiger partial charge is 0.409 e. The van der Waals surface area contributed by atoms with Gasteiger partial charge in [0.2, 0.25) is 0 Å². The van der Waals surface area contributed by atoms with Crippen LogP contribution < -0.4 is 10.5 Å². The molecule has 0 saturated carbocycles. The molecule has 1 aliphatic rings. The third-order valence-corrected chi connectivity index (χ3v) is 7.40. The maximum atomic E-state index is 14.0. The van der Waals surface area contributed by atoms with E-state index in [9.17, 15) is 14.0 Å². The zero-order valence-electron chi connectivity index (χ0n) is 22.3. The zero-order valence-corrected chi connectivity index (χ0v) is 23.8. The van der Waals surface area contributed by atoms with Crippen LogP contribution in [-0.2, 0) is 4.74 Å². The number of hydrogen-bond donors (Lipinski definition) is 1. The second-order valence-electron chi connectivity index (χ2n) is 9.45. The predicted molar refractivity (Wildman–Crippen MR) is 153 cm³/mol. The van der Waals surface area contributed by atoms with Crippen molar-refractivity contribution in [2.75, 3.05) is 38.5 Å². The van der Waals surface area contributed by atoms with Gasteiger partial charge in [-0.3, -0.25) is 4.79 Å². The molecule has 2 heterocycles. The number of nitrogen functional groups attached to an aromatic ring is 1. The molecule has 0 spiro atoms. The minimum atomic E-state index is -0.700. The Morgan fingerprint density at radius 1 is 1.05 bits per heavy atom. The van der Waals surface area contributed by atoms with Crippen LogP contribution in [0.1, 0.15) is 48.7 Å². The SMILES string of the molecule is CCCCOC(=O)N1CCN(C(=O)c2ccc(-c3cnc(N)c(O[C@H](C)c4c(Cl)ccc(F)c4Cl)c3)cc2)CC1. The average Bonchev–Trinajstić information content (AvgIpc) is 2.96. The van der Waals surface area contributed by atoms with Crippen molar-refractivity contribution in [3.05, 3.63) is 75.7 Å². The molecule has 40 heavy (non-hydrogen) atoms. The predicted octanol–water partition coefficient (Wildman–Crippen LogP) is 6.61. The van der Waals surface area contributed by atoms with E-state index in [0.29, 0.717) is 49.5 Å². The Balaban J connectivity index is 1.41. The Labute approximate surface area is 242 Å². The molecular weight excluding hydrogens is 558 g/mol. The number of rotatable bonds is 8. The lowest BCUT2D eigenvalue weighted by Gasteiger charge is -2.34. The number of aromatic nitrogens is 1. The number of nitrogens with zero attached hydrogens (tertiary/aromatic N) is 3. The van der Waals surface area contributed by atoms with E-state index < -0.39 is 11.9 Å². The summed E-state index contributed by atoms with van der Waals surface area (Å²) in [7, 11) is 0. The van der Waals surface area contributed by atoms with Gasteiger partial charge in [-0.1, -0.05) is 48.7 Å². The summed E-state index contributed by atoms with van der Waals surface area (Å²) in [6.45, 7) is 5.86. The normalized spacial score (nSPS) is 14.1. The van der Waals surface area contributed by atoms with Crippen LogP contribution in [0.25, 0.3) is 11.1 Å². The van der Waals surface area contributed by atoms with Gasteiger partial charge in [-0.15, -0.1) is 0 Å². The molecule has 1 saturated heterocycles. The lowest BCUT2D eigenvalue weighted by Crippen LogP contribution is -2.50. The topological polar surface area (TPSA) is 98.0 Å². The van der Waals surface area contributed by atoms with E-state index in [1.165, 1.54) is 12.1 Å². The minimum absolute atomic E-state index is 0.109. The third-order valence-electron chi connectivity index (χ3n) is 6.69. The second kappa shape index (κ2) is 13.2. The van der Waals surface area contributed by atoms with Crippen molar-refractivity contribution < 1.29 is 23.5 Å². The molecule has 212 valence electrons. The molecule has 3 aromatic rings.